The summed E-state index contributed by atoms with van der Waals surface area (Å²) in [5, 5.41) is 9.52. The van der Waals surface area contributed by atoms with E-state index in [4.69, 9.17) is 0 Å². The van der Waals surface area contributed by atoms with Crippen molar-refractivity contribution in [3.63, 3.8) is 0 Å². The molecule has 2 nitrogen and oxygen atoms in total. The van der Waals surface area contributed by atoms with Gasteiger partial charge in [-0.1, -0.05) is 18.9 Å². The Morgan fingerprint density at radius 3 is 2.71 bits per heavy atom. The lowest BCUT2D eigenvalue weighted by molar-refractivity contribution is 0.175. The molecule has 3 rings (SSSR count). The van der Waals surface area contributed by atoms with Gasteiger partial charge in [0, 0.05) is 12.1 Å². The Hall–Kier alpha value is -1.02. The second-order valence-corrected chi connectivity index (χ2v) is 5.54. The normalized spacial score (nSPS) is 24.5. The van der Waals surface area contributed by atoms with Crippen LogP contribution in [0.1, 0.15) is 49.3 Å². The van der Waals surface area contributed by atoms with E-state index in [0.29, 0.717) is 11.8 Å². The monoisotopic (exact) mass is 231 g/mol. The highest BCUT2D eigenvalue weighted by Gasteiger charge is 2.31. The van der Waals surface area contributed by atoms with E-state index < -0.39 is 0 Å². The minimum Gasteiger partial charge on any atom is -0.508 e. The fraction of sp³-hybridized carbons (Fsp3) is 0.600. The van der Waals surface area contributed by atoms with Crippen molar-refractivity contribution in [2.24, 2.45) is 0 Å². The molecule has 1 N–H and O–H groups in total. The Morgan fingerprint density at radius 2 is 1.94 bits per heavy atom. The number of aryl methyl sites for hydroxylation is 1. The number of fused-ring (bicyclic) bond motifs is 1. The van der Waals surface area contributed by atoms with E-state index in [-0.39, 0.29) is 0 Å². The number of aromatic hydroxyl groups is 1. The molecule has 92 valence electrons. The zero-order chi connectivity index (χ0) is 11.8. The minimum atomic E-state index is 0.410. The van der Waals surface area contributed by atoms with E-state index in [1.54, 1.807) is 0 Å². The summed E-state index contributed by atoms with van der Waals surface area (Å²) in [6.45, 7) is 0. The molecule has 1 saturated carbocycles. The van der Waals surface area contributed by atoms with E-state index >= 15 is 0 Å². The highest BCUT2D eigenvalue weighted by Crippen LogP contribution is 2.39. The van der Waals surface area contributed by atoms with Gasteiger partial charge in [-0.2, -0.15) is 0 Å². The SMILES string of the molecule is CN(C1CCCC1)C1CCc2cc(O)ccc21. The summed E-state index contributed by atoms with van der Waals surface area (Å²) in [4.78, 5) is 2.58. The predicted octanol–water partition coefficient (Wildman–Crippen LogP) is 3.25. The molecule has 0 aliphatic heterocycles. The summed E-state index contributed by atoms with van der Waals surface area (Å²) in [6, 6.07) is 7.25. The molecule has 1 aromatic carbocycles. The van der Waals surface area contributed by atoms with Crippen molar-refractivity contribution in [1.29, 1.82) is 0 Å². The van der Waals surface area contributed by atoms with Crippen LogP contribution in [0, 0.1) is 0 Å². The van der Waals surface area contributed by atoms with Crippen molar-refractivity contribution >= 4 is 0 Å². The predicted molar refractivity (Wildman–Crippen MR) is 69.2 cm³/mol. The summed E-state index contributed by atoms with van der Waals surface area (Å²) in [5.74, 6) is 0.410. The molecule has 0 saturated heterocycles. The Morgan fingerprint density at radius 1 is 1.18 bits per heavy atom. The number of hydrogen-bond donors (Lipinski definition) is 1. The average Bonchev–Trinajstić information content (AvgIpc) is 2.96. The number of rotatable bonds is 2. The number of phenols is 1. The van der Waals surface area contributed by atoms with Gasteiger partial charge in [-0.25, -0.2) is 0 Å². The first-order chi connectivity index (χ1) is 8.25. The lowest BCUT2D eigenvalue weighted by atomic mass is 10.0. The summed E-state index contributed by atoms with van der Waals surface area (Å²) in [7, 11) is 2.28. The van der Waals surface area contributed by atoms with E-state index in [9.17, 15) is 5.11 Å². The Bertz CT molecular complexity index is 409. The van der Waals surface area contributed by atoms with E-state index in [1.165, 1.54) is 43.2 Å². The lowest BCUT2D eigenvalue weighted by Gasteiger charge is -2.31. The minimum absolute atomic E-state index is 0.410. The van der Waals surface area contributed by atoms with Gasteiger partial charge in [-0.15, -0.1) is 0 Å². The van der Waals surface area contributed by atoms with Crippen LogP contribution < -0.4 is 0 Å². The summed E-state index contributed by atoms with van der Waals surface area (Å²) in [6.07, 6.45) is 7.84. The highest BCUT2D eigenvalue weighted by atomic mass is 16.3. The third-order valence-corrected chi connectivity index (χ3v) is 4.56. The molecular weight excluding hydrogens is 210 g/mol. The van der Waals surface area contributed by atoms with E-state index in [0.717, 1.165) is 12.5 Å². The van der Waals surface area contributed by atoms with Gasteiger partial charge >= 0.3 is 0 Å². The van der Waals surface area contributed by atoms with Crippen LogP contribution in [0.15, 0.2) is 18.2 Å². The van der Waals surface area contributed by atoms with Gasteiger partial charge in [-0.3, -0.25) is 4.90 Å². The molecule has 0 bridgehead atoms. The molecule has 1 aromatic rings. The smallest absolute Gasteiger partial charge is 0.115 e. The van der Waals surface area contributed by atoms with Crippen LogP contribution in [0.5, 0.6) is 5.75 Å². The standard InChI is InChI=1S/C15H21NO/c1-16(12-4-2-3-5-12)15-9-6-11-10-13(17)7-8-14(11)15/h7-8,10,12,15,17H,2-6,9H2,1H3. The molecule has 0 spiro atoms. The van der Waals surface area contributed by atoms with Gasteiger partial charge in [0.05, 0.1) is 0 Å². The molecule has 17 heavy (non-hydrogen) atoms. The molecule has 0 amide bonds. The molecule has 1 atom stereocenters. The van der Waals surface area contributed by atoms with Crippen LogP contribution in [0.2, 0.25) is 0 Å². The number of benzene rings is 1. The Balaban J connectivity index is 1.82. The fourth-order valence-electron chi connectivity index (χ4n) is 3.57. The molecule has 2 aliphatic carbocycles. The van der Waals surface area contributed by atoms with Crippen molar-refractivity contribution in [2.75, 3.05) is 7.05 Å². The first-order valence-corrected chi connectivity index (χ1v) is 6.79. The molecule has 2 heteroatoms. The van der Waals surface area contributed by atoms with Gasteiger partial charge < -0.3 is 5.11 Å². The average molecular weight is 231 g/mol. The molecule has 0 aromatic heterocycles. The molecule has 2 aliphatic rings. The maximum Gasteiger partial charge on any atom is 0.115 e. The van der Waals surface area contributed by atoms with Gasteiger partial charge in [0.1, 0.15) is 5.75 Å². The number of phenolic OH excluding ortho intramolecular Hbond substituents is 1. The molecule has 1 unspecified atom stereocenters. The van der Waals surface area contributed by atoms with Crippen molar-refractivity contribution in [2.45, 2.75) is 50.6 Å². The molecule has 0 heterocycles. The quantitative estimate of drug-likeness (QED) is 0.844. The van der Waals surface area contributed by atoms with Crippen LogP contribution in [0.4, 0.5) is 0 Å². The van der Waals surface area contributed by atoms with Gasteiger partial charge in [0.15, 0.2) is 0 Å². The third kappa shape index (κ3) is 1.95. The third-order valence-electron chi connectivity index (χ3n) is 4.56. The van der Waals surface area contributed by atoms with Crippen molar-refractivity contribution in [1.82, 2.24) is 4.90 Å². The Kier molecular flexibility index (Phi) is 2.83. The maximum absolute atomic E-state index is 9.52. The van der Waals surface area contributed by atoms with Crippen LogP contribution >= 0.6 is 0 Å². The highest BCUT2D eigenvalue weighted by molar-refractivity contribution is 5.40. The Labute approximate surface area is 103 Å². The van der Waals surface area contributed by atoms with Crippen LogP contribution in [-0.2, 0) is 6.42 Å². The van der Waals surface area contributed by atoms with Crippen LogP contribution in [0.25, 0.3) is 0 Å². The molecular formula is C15H21NO. The lowest BCUT2D eigenvalue weighted by Crippen LogP contribution is -2.32. The van der Waals surface area contributed by atoms with Gasteiger partial charge in [0.25, 0.3) is 0 Å². The second-order valence-electron chi connectivity index (χ2n) is 5.54. The largest absolute Gasteiger partial charge is 0.508 e. The maximum atomic E-state index is 9.52. The molecule has 0 radical (unpaired) electrons. The number of hydrogen-bond acceptors (Lipinski definition) is 2. The summed E-state index contributed by atoms with van der Waals surface area (Å²) >= 11 is 0. The molecule has 1 fully saturated rings. The van der Waals surface area contributed by atoms with Crippen molar-refractivity contribution < 1.29 is 5.11 Å². The summed E-state index contributed by atoms with van der Waals surface area (Å²) in [5.41, 5.74) is 2.79. The second kappa shape index (κ2) is 4.34. The zero-order valence-corrected chi connectivity index (χ0v) is 10.5. The first-order valence-electron chi connectivity index (χ1n) is 6.79. The van der Waals surface area contributed by atoms with E-state index in [2.05, 4.69) is 18.0 Å². The van der Waals surface area contributed by atoms with Crippen molar-refractivity contribution in [3.05, 3.63) is 29.3 Å². The zero-order valence-electron chi connectivity index (χ0n) is 10.5. The van der Waals surface area contributed by atoms with Crippen LogP contribution in [-0.4, -0.2) is 23.1 Å². The number of nitrogens with zero attached hydrogens (tertiary/aromatic N) is 1. The fourth-order valence-corrected chi connectivity index (χ4v) is 3.57. The topological polar surface area (TPSA) is 23.5 Å². The van der Waals surface area contributed by atoms with E-state index in [1.807, 2.05) is 12.1 Å². The van der Waals surface area contributed by atoms with Crippen LogP contribution in [0.3, 0.4) is 0 Å². The van der Waals surface area contributed by atoms with Gasteiger partial charge in [-0.05, 0) is 56.0 Å². The first kappa shape index (κ1) is 11.1. The summed E-state index contributed by atoms with van der Waals surface area (Å²) < 4.78 is 0. The van der Waals surface area contributed by atoms with Crippen molar-refractivity contribution in [3.8, 4) is 5.75 Å². The van der Waals surface area contributed by atoms with Gasteiger partial charge in [0.2, 0.25) is 0 Å².